The summed E-state index contributed by atoms with van der Waals surface area (Å²) in [7, 11) is 0. The van der Waals surface area contributed by atoms with Gasteiger partial charge in [0, 0.05) is 10.8 Å². The fourth-order valence-corrected chi connectivity index (χ4v) is 11.9. The van der Waals surface area contributed by atoms with Crippen LogP contribution in [0.4, 0.5) is 0 Å². The van der Waals surface area contributed by atoms with Gasteiger partial charge in [-0.3, -0.25) is 0 Å². The number of allylic oxidation sites excluding steroid dienone is 1. The molecule has 4 nitrogen and oxygen atoms in total. The van der Waals surface area contributed by atoms with Crippen LogP contribution in [0, 0.1) is 56.7 Å². The molecule has 3 N–H and O–H groups in total. The monoisotopic (exact) mass is 528 g/mol. The van der Waals surface area contributed by atoms with Crippen molar-refractivity contribution in [1.29, 1.82) is 0 Å². The molecule has 0 spiro atoms. The molecule has 216 valence electrons. The predicted octanol–water partition coefficient (Wildman–Crippen LogP) is 7.45. The van der Waals surface area contributed by atoms with Gasteiger partial charge in [-0.15, -0.1) is 0 Å². The number of aliphatic hydroxyl groups excluding tert-OH is 3. The molecule has 5 rings (SSSR count). The Morgan fingerprint density at radius 3 is 2.21 bits per heavy atom. The van der Waals surface area contributed by atoms with Gasteiger partial charge in [-0.1, -0.05) is 40.9 Å². The van der Waals surface area contributed by atoms with Crippen molar-refractivity contribution >= 4 is 0 Å². The predicted molar refractivity (Wildman–Crippen MR) is 154 cm³/mol. The molecule has 0 aromatic rings. The molecule has 0 radical (unpaired) electrons. The van der Waals surface area contributed by atoms with Gasteiger partial charge in [-0.05, 0) is 129 Å². The van der Waals surface area contributed by atoms with E-state index in [1.54, 1.807) is 0 Å². The second kappa shape index (κ2) is 9.35. The average Bonchev–Trinajstić information content (AvgIpc) is 3.26. The van der Waals surface area contributed by atoms with Crippen LogP contribution in [-0.2, 0) is 4.74 Å². The minimum absolute atomic E-state index is 0.0726. The van der Waals surface area contributed by atoms with Crippen molar-refractivity contribution < 1.29 is 20.1 Å². The van der Waals surface area contributed by atoms with Crippen LogP contribution in [0.5, 0.6) is 0 Å². The smallest absolute Gasteiger partial charge is 0.0915 e. The van der Waals surface area contributed by atoms with Crippen molar-refractivity contribution in [2.24, 2.45) is 56.7 Å². The summed E-state index contributed by atoms with van der Waals surface area (Å²) in [5.74, 6) is 2.63. The summed E-state index contributed by atoms with van der Waals surface area (Å²) in [6.45, 7) is 23.5. The Hall–Kier alpha value is -0.840. The van der Waals surface area contributed by atoms with Crippen LogP contribution < -0.4 is 0 Å². The molecular weight excluding hydrogens is 472 g/mol. The van der Waals surface area contributed by atoms with E-state index in [9.17, 15) is 15.3 Å². The molecule has 5 fully saturated rings. The highest BCUT2D eigenvalue weighted by molar-refractivity contribution is 5.26. The Morgan fingerprint density at radius 1 is 0.868 bits per heavy atom. The molecule has 11 atom stereocenters. The molecule has 1 unspecified atom stereocenters. The standard InChI is InChI=1S/C34H56O4/c1-21(2)38-19-22(3)24-11-16-34(23(4)36)18-17-32(7)25(29(24)34)9-10-27-30(5)14-13-28(37)31(6,20-35)26(30)12-15-33(27,32)8/h21,24-29,35-37H,3-4,9-20H2,1-2,5-8H3/t24-,25?,26+,27+,28-,29+,30-,31-,32+,33+,34+/m0/s1. The van der Waals surface area contributed by atoms with E-state index in [1.165, 1.54) is 18.4 Å². The topological polar surface area (TPSA) is 69.9 Å². The van der Waals surface area contributed by atoms with Gasteiger partial charge in [0.05, 0.1) is 31.2 Å². The maximum Gasteiger partial charge on any atom is 0.0915 e. The lowest BCUT2D eigenvalue weighted by Crippen LogP contribution is -2.67. The molecule has 0 aromatic carbocycles. The lowest BCUT2D eigenvalue weighted by Gasteiger charge is -2.73. The third-order valence-electron chi connectivity index (χ3n) is 14.3. The molecular formula is C34H56O4. The van der Waals surface area contributed by atoms with E-state index in [0.717, 1.165) is 51.4 Å². The minimum Gasteiger partial charge on any atom is -0.512 e. The highest BCUT2D eigenvalue weighted by atomic mass is 16.5. The van der Waals surface area contributed by atoms with E-state index < -0.39 is 11.5 Å². The first-order valence-electron chi connectivity index (χ1n) is 15.7. The van der Waals surface area contributed by atoms with E-state index in [4.69, 9.17) is 4.74 Å². The Morgan fingerprint density at radius 2 is 1.58 bits per heavy atom. The quantitative estimate of drug-likeness (QED) is 0.247. The van der Waals surface area contributed by atoms with Crippen LogP contribution >= 0.6 is 0 Å². The van der Waals surface area contributed by atoms with Crippen LogP contribution in [0.15, 0.2) is 24.5 Å². The zero-order valence-electron chi connectivity index (χ0n) is 25.2. The van der Waals surface area contributed by atoms with Gasteiger partial charge in [0.1, 0.15) is 0 Å². The minimum atomic E-state index is -0.411. The van der Waals surface area contributed by atoms with Gasteiger partial charge < -0.3 is 20.1 Å². The van der Waals surface area contributed by atoms with Gasteiger partial charge in [-0.25, -0.2) is 0 Å². The molecule has 0 bridgehead atoms. The van der Waals surface area contributed by atoms with Crippen LogP contribution in [0.1, 0.15) is 106 Å². The molecule has 4 heteroatoms. The molecule has 5 aliphatic carbocycles. The first-order chi connectivity index (χ1) is 17.7. The largest absolute Gasteiger partial charge is 0.512 e. The van der Waals surface area contributed by atoms with Gasteiger partial charge in [0.25, 0.3) is 0 Å². The first-order valence-corrected chi connectivity index (χ1v) is 15.7. The summed E-state index contributed by atoms with van der Waals surface area (Å²) < 4.78 is 6.04. The van der Waals surface area contributed by atoms with E-state index >= 15 is 0 Å². The SMILES string of the molecule is C=C(COC(C)C)[C@@H]1CC[C@]2(C(=C)O)CC[C@]3(C)C(CC[C@@H]4[C@@]5(C)CC[C@H](O)[C@@](C)(CO)[C@@H]5CC[C@]43C)[C@@H]12. The first kappa shape index (κ1) is 28.7. The number of ether oxygens (including phenoxy) is 1. The maximum absolute atomic E-state index is 11.1. The summed E-state index contributed by atoms with van der Waals surface area (Å²) >= 11 is 0. The second-order valence-electron chi connectivity index (χ2n) is 15.7. The van der Waals surface area contributed by atoms with Crippen LogP contribution in [0.25, 0.3) is 0 Å². The Bertz CT molecular complexity index is 958. The highest BCUT2D eigenvalue weighted by Gasteiger charge is 2.71. The zero-order chi connectivity index (χ0) is 27.9. The summed E-state index contributed by atoms with van der Waals surface area (Å²) in [6.07, 6.45) is 10.5. The molecule has 0 saturated heterocycles. The molecule has 0 heterocycles. The highest BCUT2D eigenvalue weighted by Crippen LogP contribution is 2.78. The number of rotatable bonds is 6. The van der Waals surface area contributed by atoms with Crippen LogP contribution in [0.2, 0.25) is 0 Å². The number of fused-ring (bicyclic) bond motifs is 7. The van der Waals surface area contributed by atoms with Gasteiger partial charge >= 0.3 is 0 Å². The fraction of sp³-hybridized carbons (Fsp3) is 0.882. The van der Waals surface area contributed by atoms with E-state index in [1.807, 2.05) is 0 Å². The van der Waals surface area contributed by atoms with E-state index in [2.05, 4.69) is 54.7 Å². The Labute approximate surface area is 232 Å². The normalized spacial score (nSPS) is 52.0. The Kier molecular flexibility index (Phi) is 7.05. The lowest BCUT2D eigenvalue weighted by atomic mass is 9.32. The molecule has 0 aromatic heterocycles. The number of aliphatic hydroxyl groups is 3. The van der Waals surface area contributed by atoms with E-state index in [-0.39, 0.29) is 34.4 Å². The third-order valence-corrected chi connectivity index (χ3v) is 14.3. The fourth-order valence-electron chi connectivity index (χ4n) is 11.9. The van der Waals surface area contributed by atoms with Gasteiger partial charge in [0.15, 0.2) is 0 Å². The third kappa shape index (κ3) is 3.64. The van der Waals surface area contributed by atoms with Crippen molar-refractivity contribution in [3.05, 3.63) is 24.5 Å². The summed E-state index contributed by atoms with van der Waals surface area (Å²) in [6, 6.07) is 0. The molecule has 0 amide bonds. The summed E-state index contributed by atoms with van der Waals surface area (Å²) in [5, 5.41) is 32.6. The van der Waals surface area contributed by atoms with E-state index in [0.29, 0.717) is 42.0 Å². The van der Waals surface area contributed by atoms with Gasteiger partial charge in [0.2, 0.25) is 0 Å². The molecule has 38 heavy (non-hydrogen) atoms. The molecule has 5 saturated carbocycles. The van der Waals surface area contributed by atoms with Crippen molar-refractivity contribution in [3.63, 3.8) is 0 Å². The summed E-state index contributed by atoms with van der Waals surface area (Å²) in [5.41, 5.74) is 1.12. The van der Waals surface area contributed by atoms with Crippen LogP contribution in [-0.4, -0.2) is 40.7 Å². The Balaban J connectivity index is 1.52. The van der Waals surface area contributed by atoms with Crippen LogP contribution in [0.3, 0.4) is 0 Å². The number of hydrogen-bond acceptors (Lipinski definition) is 4. The number of hydrogen-bond donors (Lipinski definition) is 3. The zero-order valence-corrected chi connectivity index (χ0v) is 25.2. The maximum atomic E-state index is 11.1. The summed E-state index contributed by atoms with van der Waals surface area (Å²) in [4.78, 5) is 0. The molecule has 5 aliphatic rings. The van der Waals surface area contributed by atoms with Crippen molar-refractivity contribution in [1.82, 2.24) is 0 Å². The van der Waals surface area contributed by atoms with Crippen molar-refractivity contribution in [2.75, 3.05) is 13.2 Å². The van der Waals surface area contributed by atoms with Crippen molar-refractivity contribution in [2.45, 2.75) is 118 Å². The van der Waals surface area contributed by atoms with Crippen molar-refractivity contribution in [3.8, 4) is 0 Å². The second-order valence-corrected chi connectivity index (χ2v) is 15.7. The average molecular weight is 529 g/mol. The lowest BCUT2D eigenvalue weighted by molar-refractivity contribution is -0.253. The van der Waals surface area contributed by atoms with Gasteiger partial charge in [-0.2, -0.15) is 0 Å². The molecule has 0 aliphatic heterocycles.